The highest BCUT2D eigenvalue weighted by Crippen LogP contribution is 2.36. The summed E-state index contributed by atoms with van der Waals surface area (Å²) in [6, 6.07) is 13.8. The van der Waals surface area contributed by atoms with E-state index in [0.29, 0.717) is 22.1 Å². The summed E-state index contributed by atoms with van der Waals surface area (Å²) in [4.78, 5) is 3.86. The molecule has 3 aromatic rings. The molecule has 0 saturated carbocycles. The SMILES string of the molecule is Fc1ccc(Oc2ccc3c(c2)NC(CSc2ccnc(C(F)(F)F)c2)N3)cc1. The predicted octanol–water partition coefficient (Wildman–Crippen LogP) is 5.99. The van der Waals surface area contributed by atoms with Crippen molar-refractivity contribution in [2.45, 2.75) is 17.2 Å². The number of aromatic nitrogens is 1. The Morgan fingerprint density at radius 2 is 1.66 bits per heavy atom. The molecule has 0 saturated heterocycles. The van der Waals surface area contributed by atoms with E-state index in [0.717, 1.165) is 23.6 Å². The first-order valence-corrected chi connectivity index (χ1v) is 9.62. The zero-order valence-corrected chi connectivity index (χ0v) is 15.7. The zero-order chi connectivity index (χ0) is 20.4. The van der Waals surface area contributed by atoms with Crippen LogP contribution in [0.3, 0.4) is 0 Å². The van der Waals surface area contributed by atoms with Gasteiger partial charge < -0.3 is 15.4 Å². The van der Waals surface area contributed by atoms with Gasteiger partial charge in [0.1, 0.15) is 29.2 Å². The number of nitrogens with zero attached hydrogens (tertiary/aromatic N) is 1. The second-order valence-corrected chi connectivity index (χ2v) is 7.38. The summed E-state index contributed by atoms with van der Waals surface area (Å²) in [7, 11) is 0. The van der Waals surface area contributed by atoms with Crippen LogP contribution in [-0.4, -0.2) is 16.9 Å². The van der Waals surface area contributed by atoms with Gasteiger partial charge in [0.25, 0.3) is 0 Å². The maximum atomic E-state index is 13.0. The number of hydrogen-bond acceptors (Lipinski definition) is 5. The van der Waals surface area contributed by atoms with E-state index in [2.05, 4.69) is 15.6 Å². The quantitative estimate of drug-likeness (QED) is 0.392. The van der Waals surface area contributed by atoms with Gasteiger partial charge in [0.05, 0.1) is 11.4 Å². The molecular weight excluding hydrogens is 406 g/mol. The molecule has 2 aromatic carbocycles. The van der Waals surface area contributed by atoms with Crippen LogP contribution in [0.2, 0.25) is 0 Å². The van der Waals surface area contributed by atoms with Crippen molar-refractivity contribution in [3.8, 4) is 11.5 Å². The molecule has 1 unspecified atom stereocenters. The van der Waals surface area contributed by atoms with Crippen LogP contribution in [-0.2, 0) is 6.18 Å². The van der Waals surface area contributed by atoms with Crippen molar-refractivity contribution in [1.29, 1.82) is 0 Å². The zero-order valence-electron chi connectivity index (χ0n) is 14.8. The van der Waals surface area contributed by atoms with Crippen molar-refractivity contribution in [2.24, 2.45) is 0 Å². The molecule has 0 aliphatic carbocycles. The molecule has 1 atom stereocenters. The number of ether oxygens (including phenoxy) is 1. The smallest absolute Gasteiger partial charge is 0.433 e. The van der Waals surface area contributed by atoms with Crippen molar-refractivity contribution < 1.29 is 22.3 Å². The molecule has 4 rings (SSSR count). The number of nitrogens with one attached hydrogen (secondary N) is 2. The number of benzene rings is 2. The minimum atomic E-state index is -4.46. The molecule has 1 aliphatic rings. The first-order valence-electron chi connectivity index (χ1n) is 8.63. The summed E-state index contributed by atoms with van der Waals surface area (Å²) in [5, 5.41) is 6.55. The van der Waals surface area contributed by atoms with Crippen LogP contribution >= 0.6 is 11.8 Å². The van der Waals surface area contributed by atoms with Crippen molar-refractivity contribution in [3.63, 3.8) is 0 Å². The number of pyridine rings is 1. The first-order chi connectivity index (χ1) is 13.9. The summed E-state index contributed by atoms with van der Waals surface area (Å²) in [5.41, 5.74) is 0.786. The van der Waals surface area contributed by atoms with E-state index >= 15 is 0 Å². The number of halogens is 4. The number of rotatable bonds is 5. The van der Waals surface area contributed by atoms with E-state index in [-0.39, 0.29) is 12.0 Å². The van der Waals surface area contributed by atoms with Crippen LogP contribution in [0.25, 0.3) is 0 Å². The average molecular weight is 421 g/mol. The van der Waals surface area contributed by atoms with Gasteiger partial charge in [0, 0.05) is 22.9 Å². The van der Waals surface area contributed by atoms with Crippen molar-refractivity contribution >= 4 is 23.1 Å². The highest BCUT2D eigenvalue weighted by Gasteiger charge is 2.32. The van der Waals surface area contributed by atoms with E-state index in [1.165, 1.54) is 36.0 Å². The summed E-state index contributed by atoms with van der Waals surface area (Å²) in [6.45, 7) is 0. The van der Waals surface area contributed by atoms with E-state index in [9.17, 15) is 17.6 Å². The summed E-state index contributed by atoms with van der Waals surface area (Å²) in [5.74, 6) is 1.27. The molecule has 0 radical (unpaired) electrons. The van der Waals surface area contributed by atoms with E-state index in [4.69, 9.17) is 4.74 Å². The molecule has 0 amide bonds. The van der Waals surface area contributed by atoms with E-state index < -0.39 is 11.9 Å². The Kier molecular flexibility index (Phi) is 5.23. The fraction of sp³-hybridized carbons (Fsp3) is 0.150. The van der Waals surface area contributed by atoms with Gasteiger partial charge >= 0.3 is 6.18 Å². The standard InChI is InChI=1S/C20H15F4N3OS/c21-12-1-3-13(4-2-12)28-14-5-6-16-17(9-14)27-19(26-16)11-29-15-7-8-25-18(10-15)20(22,23)24/h1-10,19,26-27H,11H2. The summed E-state index contributed by atoms with van der Waals surface area (Å²) in [6.07, 6.45) is -3.45. The minimum Gasteiger partial charge on any atom is -0.457 e. The first kappa shape index (κ1) is 19.4. The molecule has 29 heavy (non-hydrogen) atoms. The number of hydrogen-bond donors (Lipinski definition) is 2. The van der Waals surface area contributed by atoms with Gasteiger partial charge in [0.15, 0.2) is 0 Å². The van der Waals surface area contributed by atoms with E-state index in [1.807, 2.05) is 12.1 Å². The largest absolute Gasteiger partial charge is 0.457 e. The lowest BCUT2D eigenvalue weighted by molar-refractivity contribution is -0.141. The van der Waals surface area contributed by atoms with Crippen LogP contribution in [0.15, 0.2) is 65.7 Å². The molecule has 1 aliphatic heterocycles. The number of fused-ring (bicyclic) bond motifs is 1. The van der Waals surface area contributed by atoms with Gasteiger partial charge in [-0.05, 0) is 48.5 Å². The lowest BCUT2D eigenvalue weighted by Gasteiger charge is -2.12. The molecule has 4 nitrogen and oxygen atoms in total. The maximum absolute atomic E-state index is 13.0. The molecule has 150 valence electrons. The van der Waals surface area contributed by atoms with Gasteiger partial charge in [-0.3, -0.25) is 4.98 Å². The molecule has 0 spiro atoms. The van der Waals surface area contributed by atoms with E-state index in [1.54, 1.807) is 12.1 Å². The molecule has 2 heterocycles. The third kappa shape index (κ3) is 4.73. The lowest BCUT2D eigenvalue weighted by Crippen LogP contribution is -2.24. The van der Waals surface area contributed by atoms with Crippen molar-refractivity contribution in [1.82, 2.24) is 4.98 Å². The summed E-state index contributed by atoms with van der Waals surface area (Å²) < 4.78 is 57.0. The fourth-order valence-electron chi connectivity index (χ4n) is 2.80. The Hall–Kier alpha value is -2.94. The average Bonchev–Trinajstić information content (AvgIpc) is 3.10. The van der Waals surface area contributed by atoms with Gasteiger partial charge in [0.2, 0.25) is 0 Å². The molecule has 0 bridgehead atoms. The number of anilines is 2. The van der Waals surface area contributed by atoms with Crippen molar-refractivity contribution in [3.05, 3.63) is 72.3 Å². The Morgan fingerprint density at radius 1 is 0.931 bits per heavy atom. The highest BCUT2D eigenvalue weighted by atomic mass is 32.2. The Bertz CT molecular complexity index is 1010. The predicted molar refractivity (Wildman–Crippen MR) is 104 cm³/mol. The third-order valence-electron chi connectivity index (χ3n) is 4.14. The van der Waals surface area contributed by atoms with Crippen molar-refractivity contribution in [2.75, 3.05) is 16.4 Å². The molecular formula is C20H15F4N3OS. The highest BCUT2D eigenvalue weighted by molar-refractivity contribution is 7.99. The second-order valence-electron chi connectivity index (χ2n) is 6.29. The Morgan fingerprint density at radius 3 is 2.41 bits per heavy atom. The fourth-order valence-corrected chi connectivity index (χ4v) is 3.68. The van der Waals surface area contributed by atoms with Crippen LogP contribution in [0.1, 0.15) is 5.69 Å². The second kappa shape index (κ2) is 7.82. The number of alkyl halides is 3. The monoisotopic (exact) mass is 421 g/mol. The number of thioether (sulfide) groups is 1. The molecule has 9 heteroatoms. The van der Waals surface area contributed by atoms with Crippen LogP contribution < -0.4 is 15.4 Å². The Labute approximate surface area is 168 Å². The maximum Gasteiger partial charge on any atom is 0.433 e. The molecule has 2 N–H and O–H groups in total. The van der Waals surface area contributed by atoms with Gasteiger partial charge in [-0.2, -0.15) is 13.2 Å². The minimum absolute atomic E-state index is 0.154. The van der Waals surface area contributed by atoms with Crippen LogP contribution in [0.5, 0.6) is 11.5 Å². The summed E-state index contributed by atoms with van der Waals surface area (Å²) >= 11 is 1.29. The normalized spacial score (nSPS) is 15.4. The van der Waals surface area contributed by atoms with Gasteiger partial charge in [-0.1, -0.05) is 0 Å². The van der Waals surface area contributed by atoms with Crippen LogP contribution in [0, 0.1) is 5.82 Å². The Balaban J connectivity index is 1.37. The molecule has 0 fully saturated rings. The van der Waals surface area contributed by atoms with Gasteiger partial charge in [-0.25, -0.2) is 4.39 Å². The topological polar surface area (TPSA) is 46.2 Å². The van der Waals surface area contributed by atoms with Crippen LogP contribution in [0.4, 0.5) is 28.9 Å². The third-order valence-corrected chi connectivity index (χ3v) is 5.23. The molecule has 1 aromatic heterocycles. The van der Waals surface area contributed by atoms with Gasteiger partial charge in [-0.15, -0.1) is 11.8 Å². The lowest BCUT2D eigenvalue weighted by atomic mass is 10.2.